The number of aromatic nitrogens is 2. The number of ether oxygens (including phenoxy) is 1. The van der Waals surface area contributed by atoms with Crippen LogP contribution in [0.4, 0.5) is 0 Å². The van der Waals surface area contributed by atoms with Gasteiger partial charge in [-0.25, -0.2) is 4.79 Å². The summed E-state index contributed by atoms with van der Waals surface area (Å²) >= 11 is 0. The zero-order valence-corrected chi connectivity index (χ0v) is 16.6. The zero-order chi connectivity index (χ0) is 20.3. The van der Waals surface area contributed by atoms with Crippen molar-refractivity contribution in [2.24, 2.45) is 0 Å². The minimum absolute atomic E-state index is 0.0253. The molecule has 2 aromatic rings. The van der Waals surface area contributed by atoms with Gasteiger partial charge in [0, 0.05) is 25.6 Å². The Balaban J connectivity index is 1.69. The Labute approximate surface area is 164 Å². The van der Waals surface area contributed by atoms with Gasteiger partial charge in [0.15, 0.2) is 6.61 Å². The standard InChI is InChI=1S/C21H27N3O4/c1-4-14(2)24-20(16-7-8-16)18(11-22-24)21(27)23(3)12-15-5-9-17(10-6-15)28-13-19(25)26/h5-6,9-11,14,16H,4,7-8,12-13H2,1-3H3,(H,25,26). The Kier molecular flexibility index (Phi) is 6.02. The molecule has 1 saturated carbocycles. The number of benzene rings is 1. The van der Waals surface area contributed by atoms with E-state index >= 15 is 0 Å². The van der Waals surface area contributed by atoms with Crippen molar-refractivity contribution < 1.29 is 19.4 Å². The highest BCUT2D eigenvalue weighted by molar-refractivity contribution is 5.95. The van der Waals surface area contributed by atoms with Crippen molar-refractivity contribution in [3.8, 4) is 5.75 Å². The molecule has 1 unspecified atom stereocenters. The first kappa shape index (κ1) is 19.9. The summed E-state index contributed by atoms with van der Waals surface area (Å²) in [6.45, 7) is 4.34. The lowest BCUT2D eigenvalue weighted by atomic mass is 10.1. The number of hydrogen-bond donors (Lipinski definition) is 1. The van der Waals surface area contributed by atoms with Gasteiger partial charge >= 0.3 is 5.97 Å². The van der Waals surface area contributed by atoms with Gasteiger partial charge in [0.2, 0.25) is 0 Å². The van der Waals surface area contributed by atoms with Crippen LogP contribution in [-0.2, 0) is 11.3 Å². The monoisotopic (exact) mass is 385 g/mol. The van der Waals surface area contributed by atoms with E-state index in [4.69, 9.17) is 9.84 Å². The summed E-state index contributed by atoms with van der Waals surface area (Å²) in [6, 6.07) is 7.39. The first-order valence-electron chi connectivity index (χ1n) is 9.67. The maximum atomic E-state index is 13.1. The van der Waals surface area contributed by atoms with Crippen molar-refractivity contribution >= 4 is 11.9 Å². The average Bonchev–Trinajstić information content (AvgIpc) is 3.44. The SMILES string of the molecule is CCC(C)n1ncc(C(=O)N(C)Cc2ccc(OCC(=O)O)cc2)c1C1CC1. The fourth-order valence-electron chi connectivity index (χ4n) is 3.21. The maximum Gasteiger partial charge on any atom is 0.341 e. The molecule has 3 rings (SSSR count). The Bertz CT molecular complexity index is 840. The molecule has 7 heteroatoms. The summed E-state index contributed by atoms with van der Waals surface area (Å²) in [5.41, 5.74) is 2.72. The van der Waals surface area contributed by atoms with Crippen LogP contribution < -0.4 is 4.74 Å². The first-order valence-corrected chi connectivity index (χ1v) is 9.67. The molecule has 1 heterocycles. The highest BCUT2D eigenvalue weighted by Crippen LogP contribution is 2.43. The highest BCUT2D eigenvalue weighted by atomic mass is 16.5. The van der Waals surface area contributed by atoms with Crippen molar-refractivity contribution in [3.63, 3.8) is 0 Å². The molecule has 7 nitrogen and oxygen atoms in total. The summed E-state index contributed by atoms with van der Waals surface area (Å²) < 4.78 is 7.16. The molecule has 1 aliphatic carbocycles. The van der Waals surface area contributed by atoms with E-state index in [2.05, 4.69) is 18.9 Å². The lowest BCUT2D eigenvalue weighted by molar-refractivity contribution is -0.139. The minimum atomic E-state index is -1.01. The molecule has 1 atom stereocenters. The van der Waals surface area contributed by atoms with Crippen molar-refractivity contribution in [2.75, 3.05) is 13.7 Å². The van der Waals surface area contributed by atoms with Crippen LogP contribution >= 0.6 is 0 Å². The molecule has 1 aromatic heterocycles. The second-order valence-corrected chi connectivity index (χ2v) is 7.41. The number of aliphatic carboxylic acids is 1. The molecule has 0 saturated heterocycles. The summed E-state index contributed by atoms with van der Waals surface area (Å²) in [6.07, 6.45) is 4.91. The van der Waals surface area contributed by atoms with Gasteiger partial charge in [0.25, 0.3) is 5.91 Å². The predicted molar refractivity (Wildman–Crippen MR) is 105 cm³/mol. The molecule has 1 fully saturated rings. The van der Waals surface area contributed by atoms with Gasteiger partial charge < -0.3 is 14.7 Å². The number of carboxylic acids is 1. The number of carbonyl (C=O) groups is 2. The Morgan fingerprint density at radius 1 is 1.32 bits per heavy atom. The van der Waals surface area contributed by atoms with E-state index in [0.29, 0.717) is 23.8 Å². The van der Waals surface area contributed by atoms with Gasteiger partial charge in [-0.3, -0.25) is 9.48 Å². The highest BCUT2D eigenvalue weighted by Gasteiger charge is 2.34. The van der Waals surface area contributed by atoms with Crippen LogP contribution in [0.2, 0.25) is 0 Å². The molecular weight excluding hydrogens is 358 g/mol. The molecule has 28 heavy (non-hydrogen) atoms. The normalized spacial score (nSPS) is 14.5. The fraction of sp³-hybridized carbons (Fsp3) is 0.476. The average molecular weight is 385 g/mol. The van der Waals surface area contributed by atoms with Gasteiger partial charge in [0.1, 0.15) is 5.75 Å². The number of rotatable bonds is 9. The topological polar surface area (TPSA) is 84.7 Å². The lowest BCUT2D eigenvalue weighted by Crippen LogP contribution is -2.27. The van der Waals surface area contributed by atoms with Crippen molar-refractivity contribution in [3.05, 3.63) is 47.3 Å². The van der Waals surface area contributed by atoms with Crippen LogP contribution in [0.15, 0.2) is 30.5 Å². The van der Waals surface area contributed by atoms with E-state index in [9.17, 15) is 9.59 Å². The minimum Gasteiger partial charge on any atom is -0.482 e. The zero-order valence-electron chi connectivity index (χ0n) is 16.6. The Morgan fingerprint density at radius 3 is 2.57 bits per heavy atom. The van der Waals surface area contributed by atoms with Crippen LogP contribution in [0.3, 0.4) is 0 Å². The van der Waals surface area contributed by atoms with E-state index in [0.717, 1.165) is 30.5 Å². The number of hydrogen-bond acceptors (Lipinski definition) is 4. The fourth-order valence-corrected chi connectivity index (χ4v) is 3.21. The second-order valence-electron chi connectivity index (χ2n) is 7.41. The molecule has 0 bridgehead atoms. The Morgan fingerprint density at radius 2 is 2.00 bits per heavy atom. The quantitative estimate of drug-likeness (QED) is 0.714. The van der Waals surface area contributed by atoms with Crippen LogP contribution in [0.25, 0.3) is 0 Å². The predicted octanol–water partition coefficient (Wildman–Crippen LogP) is 3.47. The van der Waals surface area contributed by atoms with E-state index in [1.165, 1.54) is 0 Å². The van der Waals surface area contributed by atoms with Crippen LogP contribution in [0.5, 0.6) is 5.75 Å². The van der Waals surface area contributed by atoms with Crippen molar-refractivity contribution in [2.45, 2.75) is 51.6 Å². The molecule has 150 valence electrons. The molecule has 0 aliphatic heterocycles. The van der Waals surface area contributed by atoms with Gasteiger partial charge in [0.05, 0.1) is 17.5 Å². The summed E-state index contributed by atoms with van der Waals surface area (Å²) in [4.78, 5) is 25.3. The van der Waals surface area contributed by atoms with E-state index in [1.54, 1.807) is 30.3 Å². The van der Waals surface area contributed by atoms with E-state index in [-0.39, 0.29) is 18.6 Å². The molecule has 1 aliphatic rings. The van der Waals surface area contributed by atoms with Crippen LogP contribution in [0, 0.1) is 0 Å². The van der Waals surface area contributed by atoms with Gasteiger partial charge in [-0.1, -0.05) is 19.1 Å². The van der Waals surface area contributed by atoms with Gasteiger partial charge in [-0.15, -0.1) is 0 Å². The van der Waals surface area contributed by atoms with E-state index < -0.39 is 5.97 Å². The number of amides is 1. The molecule has 1 aromatic carbocycles. The first-order chi connectivity index (χ1) is 13.4. The molecule has 0 radical (unpaired) electrons. The van der Waals surface area contributed by atoms with Crippen LogP contribution in [-0.4, -0.2) is 45.3 Å². The lowest BCUT2D eigenvalue weighted by Gasteiger charge is -2.19. The number of carboxylic acid groups (broad SMARTS) is 1. The summed E-state index contributed by atoms with van der Waals surface area (Å²) in [7, 11) is 1.79. The molecular formula is C21H27N3O4. The number of nitrogens with zero attached hydrogens (tertiary/aromatic N) is 3. The smallest absolute Gasteiger partial charge is 0.341 e. The van der Waals surface area contributed by atoms with Crippen molar-refractivity contribution in [1.82, 2.24) is 14.7 Å². The molecule has 1 N–H and O–H groups in total. The van der Waals surface area contributed by atoms with Gasteiger partial charge in [-0.2, -0.15) is 5.10 Å². The summed E-state index contributed by atoms with van der Waals surface area (Å²) in [5.74, 6) is -0.109. The summed E-state index contributed by atoms with van der Waals surface area (Å²) in [5, 5.41) is 13.2. The second kappa shape index (κ2) is 8.46. The molecule has 1 amide bonds. The van der Waals surface area contributed by atoms with Crippen molar-refractivity contribution in [1.29, 1.82) is 0 Å². The van der Waals surface area contributed by atoms with Crippen LogP contribution in [0.1, 0.15) is 66.7 Å². The Hall–Kier alpha value is -2.83. The molecule has 0 spiro atoms. The van der Waals surface area contributed by atoms with Gasteiger partial charge in [-0.05, 0) is 43.9 Å². The largest absolute Gasteiger partial charge is 0.482 e. The third-order valence-electron chi connectivity index (χ3n) is 5.09. The number of carbonyl (C=O) groups excluding carboxylic acids is 1. The van der Waals surface area contributed by atoms with E-state index in [1.807, 2.05) is 16.8 Å². The maximum absolute atomic E-state index is 13.1. The third-order valence-corrected chi connectivity index (χ3v) is 5.09. The third kappa shape index (κ3) is 4.52.